The van der Waals surface area contributed by atoms with Crippen LogP contribution in [-0.4, -0.2) is 23.5 Å². The standard InChI is InChI=1S/C14H23N3O/c1-4-5-11(2)17-14(18)10-16-12(3)13-6-8-15-9-7-13/h6-9,11-12,16H,4-5,10H2,1-3H3,(H,17,18)/t11?,12-/m1/s1. The molecule has 4 nitrogen and oxygen atoms in total. The van der Waals surface area contributed by atoms with Crippen molar-refractivity contribution < 1.29 is 4.79 Å². The molecule has 0 aliphatic rings. The van der Waals surface area contributed by atoms with Gasteiger partial charge in [-0.2, -0.15) is 0 Å². The predicted octanol–water partition coefficient (Wildman–Crippen LogP) is 2.04. The summed E-state index contributed by atoms with van der Waals surface area (Å²) in [4.78, 5) is 15.7. The molecule has 0 saturated heterocycles. The molecule has 0 fully saturated rings. The van der Waals surface area contributed by atoms with Gasteiger partial charge in [-0.3, -0.25) is 9.78 Å². The van der Waals surface area contributed by atoms with Crippen molar-refractivity contribution in [3.8, 4) is 0 Å². The molecule has 1 amide bonds. The number of carbonyl (C=O) groups is 1. The van der Waals surface area contributed by atoms with Crippen molar-refractivity contribution in [3.63, 3.8) is 0 Å². The first-order valence-electron chi connectivity index (χ1n) is 6.56. The largest absolute Gasteiger partial charge is 0.353 e. The van der Waals surface area contributed by atoms with Crippen LogP contribution in [0.3, 0.4) is 0 Å². The van der Waals surface area contributed by atoms with E-state index < -0.39 is 0 Å². The predicted molar refractivity (Wildman–Crippen MR) is 73.2 cm³/mol. The van der Waals surface area contributed by atoms with Crippen LogP contribution in [0.15, 0.2) is 24.5 Å². The van der Waals surface area contributed by atoms with Crippen molar-refractivity contribution in [2.24, 2.45) is 0 Å². The van der Waals surface area contributed by atoms with E-state index in [1.807, 2.05) is 26.0 Å². The fourth-order valence-electron chi connectivity index (χ4n) is 1.85. The van der Waals surface area contributed by atoms with E-state index in [4.69, 9.17) is 0 Å². The summed E-state index contributed by atoms with van der Waals surface area (Å²) in [5.41, 5.74) is 1.14. The van der Waals surface area contributed by atoms with Gasteiger partial charge in [-0.1, -0.05) is 13.3 Å². The Balaban J connectivity index is 2.30. The van der Waals surface area contributed by atoms with Gasteiger partial charge >= 0.3 is 0 Å². The number of amides is 1. The molecule has 2 atom stereocenters. The Kier molecular flexibility index (Phi) is 6.36. The van der Waals surface area contributed by atoms with Crippen molar-refractivity contribution in [1.82, 2.24) is 15.6 Å². The van der Waals surface area contributed by atoms with E-state index in [2.05, 4.69) is 22.5 Å². The summed E-state index contributed by atoms with van der Waals surface area (Å²) in [6.45, 7) is 6.54. The maximum Gasteiger partial charge on any atom is 0.234 e. The molecule has 0 aliphatic heterocycles. The highest BCUT2D eigenvalue weighted by atomic mass is 16.1. The maximum atomic E-state index is 11.7. The molecule has 1 heterocycles. The molecule has 1 rings (SSSR count). The zero-order chi connectivity index (χ0) is 13.4. The van der Waals surface area contributed by atoms with Gasteiger partial charge in [0.2, 0.25) is 5.91 Å². The van der Waals surface area contributed by atoms with Crippen molar-refractivity contribution in [2.45, 2.75) is 45.7 Å². The van der Waals surface area contributed by atoms with Crippen LogP contribution in [0.2, 0.25) is 0 Å². The summed E-state index contributed by atoms with van der Waals surface area (Å²) in [5, 5.41) is 6.18. The third kappa shape index (κ3) is 5.27. The zero-order valence-electron chi connectivity index (χ0n) is 11.4. The molecule has 0 spiro atoms. The van der Waals surface area contributed by atoms with E-state index in [9.17, 15) is 4.79 Å². The van der Waals surface area contributed by atoms with Gasteiger partial charge in [-0.15, -0.1) is 0 Å². The van der Waals surface area contributed by atoms with E-state index in [-0.39, 0.29) is 18.0 Å². The minimum atomic E-state index is 0.0526. The van der Waals surface area contributed by atoms with Crippen molar-refractivity contribution in [2.75, 3.05) is 6.54 Å². The first-order chi connectivity index (χ1) is 8.63. The Bertz CT molecular complexity index is 353. The SMILES string of the molecule is CCCC(C)NC(=O)CN[C@H](C)c1ccncc1. The minimum absolute atomic E-state index is 0.0526. The van der Waals surface area contributed by atoms with Crippen LogP contribution in [-0.2, 0) is 4.79 Å². The molecule has 4 heteroatoms. The Morgan fingerprint density at radius 3 is 2.61 bits per heavy atom. The van der Waals surface area contributed by atoms with Crippen LogP contribution >= 0.6 is 0 Å². The molecule has 0 saturated carbocycles. The lowest BCUT2D eigenvalue weighted by molar-refractivity contribution is -0.121. The molecular formula is C14H23N3O. The summed E-state index contributed by atoms with van der Waals surface area (Å²) >= 11 is 0. The Hall–Kier alpha value is -1.42. The zero-order valence-corrected chi connectivity index (χ0v) is 11.4. The average molecular weight is 249 g/mol. The third-order valence-electron chi connectivity index (χ3n) is 2.90. The van der Waals surface area contributed by atoms with Crippen molar-refractivity contribution in [1.29, 1.82) is 0 Å². The Morgan fingerprint density at radius 1 is 1.33 bits per heavy atom. The summed E-state index contributed by atoms with van der Waals surface area (Å²) in [6.07, 6.45) is 5.63. The minimum Gasteiger partial charge on any atom is -0.353 e. The van der Waals surface area contributed by atoms with Gasteiger partial charge in [0.25, 0.3) is 0 Å². The number of hydrogen-bond donors (Lipinski definition) is 2. The maximum absolute atomic E-state index is 11.7. The number of nitrogens with zero attached hydrogens (tertiary/aromatic N) is 1. The van der Waals surface area contributed by atoms with Gasteiger partial charge in [0.1, 0.15) is 0 Å². The van der Waals surface area contributed by atoms with Crippen LogP contribution < -0.4 is 10.6 Å². The second kappa shape index (κ2) is 7.82. The van der Waals surface area contributed by atoms with Crippen LogP contribution in [0.1, 0.15) is 45.2 Å². The molecule has 1 aromatic heterocycles. The number of carbonyl (C=O) groups excluding carboxylic acids is 1. The Morgan fingerprint density at radius 2 is 2.00 bits per heavy atom. The lowest BCUT2D eigenvalue weighted by Gasteiger charge is -2.16. The van der Waals surface area contributed by atoms with Crippen LogP contribution in [0.4, 0.5) is 0 Å². The third-order valence-corrected chi connectivity index (χ3v) is 2.90. The van der Waals surface area contributed by atoms with Crippen molar-refractivity contribution in [3.05, 3.63) is 30.1 Å². The molecule has 18 heavy (non-hydrogen) atoms. The quantitative estimate of drug-likeness (QED) is 0.777. The summed E-state index contributed by atoms with van der Waals surface area (Å²) in [7, 11) is 0. The van der Waals surface area contributed by atoms with Crippen LogP contribution in [0, 0.1) is 0 Å². The van der Waals surface area contributed by atoms with Gasteiger partial charge in [0, 0.05) is 24.5 Å². The van der Waals surface area contributed by atoms with E-state index >= 15 is 0 Å². The Labute approximate surface area is 109 Å². The second-order valence-electron chi connectivity index (χ2n) is 4.64. The molecule has 1 aromatic rings. The highest BCUT2D eigenvalue weighted by molar-refractivity contribution is 5.78. The van der Waals surface area contributed by atoms with Gasteiger partial charge in [-0.25, -0.2) is 0 Å². The highest BCUT2D eigenvalue weighted by Gasteiger charge is 2.09. The number of nitrogens with one attached hydrogen (secondary N) is 2. The van der Waals surface area contributed by atoms with Crippen molar-refractivity contribution >= 4 is 5.91 Å². The fraction of sp³-hybridized carbons (Fsp3) is 0.571. The summed E-state index contributed by atoms with van der Waals surface area (Å²) in [6, 6.07) is 4.31. The van der Waals surface area contributed by atoms with E-state index in [1.54, 1.807) is 12.4 Å². The molecule has 0 radical (unpaired) electrons. The molecule has 0 aliphatic carbocycles. The first kappa shape index (κ1) is 14.6. The molecule has 0 aromatic carbocycles. The summed E-state index contributed by atoms with van der Waals surface area (Å²) < 4.78 is 0. The molecule has 2 N–H and O–H groups in total. The monoisotopic (exact) mass is 249 g/mol. The second-order valence-corrected chi connectivity index (χ2v) is 4.64. The lowest BCUT2D eigenvalue weighted by atomic mass is 10.1. The van der Waals surface area contributed by atoms with Crippen LogP contribution in [0.25, 0.3) is 0 Å². The number of pyridine rings is 1. The first-order valence-corrected chi connectivity index (χ1v) is 6.56. The highest BCUT2D eigenvalue weighted by Crippen LogP contribution is 2.09. The number of aromatic nitrogens is 1. The molecule has 100 valence electrons. The average Bonchev–Trinajstić information content (AvgIpc) is 2.37. The van der Waals surface area contributed by atoms with Gasteiger partial charge < -0.3 is 10.6 Å². The number of hydrogen-bond acceptors (Lipinski definition) is 3. The molecule has 1 unspecified atom stereocenters. The smallest absolute Gasteiger partial charge is 0.234 e. The lowest BCUT2D eigenvalue weighted by Crippen LogP contribution is -2.39. The van der Waals surface area contributed by atoms with E-state index in [0.29, 0.717) is 6.54 Å². The van der Waals surface area contributed by atoms with E-state index in [1.165, 1.54) is 0 Å². The normalized spacial score (nSPS) is 13.9. The summed E-state index contributed by atoms with van der Waals surface area (Å²) in [5.74, 6) is 0.0526. The topological polar surface area (TPSA) is 54.0 Å². The number of rotatable bonds is 7. The van der Waals surface area contributed by atoms with Gasteiger partial charge in [0.05, 0.1) is 6.54 Å². The van der Waals surface area contributed by atoms with Gasteiger partial charge in [-0.05, 0) is 38.0 Å². The van der Waals surface area contributed by atoms with Gasteiger partial charge in [0.15, 0.2) is 0 Å². The fourth-order valence-corrected chi connectivity index (χ4v) is 1.85. The van der Waals surface area contributed by atoms with E-state index in [0.717, 1.165) is 18.4 Å². The van der Waals surface area contributed by atoms with Crippen LogP contribution in [0.5, 0.6) is 0 Å². The molecular weight excluding hydrogens is 226 g/mol. The molecule has 0 bridgehead atoms.